The van der Waals surface area contributed by atoms with Gasteiger partial charge in [0.1, 0.15) is 5.69 Å². The standard InChI is InChI=1S/C20H27N3O4/c1-12-3-4-17(19(21-12)23(25)26)27-11-18(24)22-13(2)20-8-14-5-15(9-20)7-16(6-14)10-20/h3-4,13-16H,5-11H2,1-2H3,(H,22,24). The Hall–Kier alpha value is -2.18. The van der Waals surface area contributed by atoms with Gasteiger partial charge in [0.05, 0.1) is 0 Å². The van der Waals surface area contributed by atoms with Crippen molar-refractivity contribution in [2.75, 3.05) is 6.61 Å². The van der Waals surface area contributed by atoms with Gasteiger partial charge in [0.15, 0.2) is 6.61 Å². The van der Waals surface area contributed by atoms with Gasteiger partial charge in [0.25, 0.3) is 5.91 Å². The number of carbonyl (C=O) groups is 1. The number of nitro groups is 1. The van der Waals surface area contributed by atoms with Gasteiger partial charge in [-0.05, 0) is 90.7 Å². The Labute approximate surface area is 159 Å². The van der Waals surface area contributed by atoms with E-state index in [4.69, 9.17) is 4.74 Å². The van der Waals surface area contributed by atoms with Crippen LogP contribution in [0.3, 0.4) is 0 Å². The first-order valence-corrected chi connectivity index (χ1v) is 9.89. The van der Waals surface area contributed by atoms with Crippen molar-refractivity contribution in [3.05, 3.63) is 27.9 Å². The molecular weight excluding hydrogens is 346 g/mol. The second kappa shape index (κ2) is 6.77. The highest BCUT2D eigenvalue weighted by atomic mass is 16.6. The largest absolute Gasteiger partial charge is 0.476 e. The highest BCUT2D eigenvalue weighted by molar-refractivity contribution is 5.78. The monoisotopic (exact) mass is 373 g/mol. The lowest BCUT2D eigenvalue weighted by molar-refractivity contribution is -0.390. The van der Waals surface area contributed by atoms with Crippen molar-refractivity contribution >= 4 is 11.7 Å². The lowest BCUT2D eigenvalue weighted by atomic mass is 9.48. The average Bonchev–Trinajstić information content (AvgIpc) is 2.59. The van der Waals surface area contributed by atoms with Crippen molar-refractivity contribution in [3.8, 4) is 5.75 Å². The maximum Gasteiger partial charge on any atom is 0.406 e. The molecule has 4 saturated carbocycles. The minimum Gasteiger partial charge on any atom is -0.476 e. The van der Waals surface area contributed by atoms with Crippen LogP contribution in [0.25, 0.3) is 0 Å². The highest BCUT2D eigenvalue weighted by Crippen LogP contribution is 2.61. The third-order valence-electron chi connectivity index (χ3n) is 6.89. The molecule has 0 saturated heterocycles. The molecular formula is C20H27N3O4. The van der Waals surface area contributed by atoms with E-state index in [2.05, 4.69) is 17.2 Å². The van der Waals surface area contributed by atoms with E-state index in [0.29, 0.717) is 5.69 Å². The number of hydrogen-bond acceptors (Lipinski definition) is 5. The smallest absolute Gasteiger partial charge is 0.406 e. The summed E-state index contributed by atoms with van der Waals surface area (Å²) in [6.07, 6.45) is 7.76. The number of carbonyl (C=O) groups excluding carboxylic acids is 1. The first kappa shape index (κ1) is 18.2. The number of amides is 1. The van der Waals surface area contributed by atoms with Crippen molar-refractivity contribution in [2.45, 2.75) is 58.4 Å². The molecule has 1 N–H and O–H groups in total. The number of pyridine rings is 1. The van der Waals surface area contributed by atoms with Crippen molar-refractivity contribution in [3.63, 3.8) is 0 Å². The fourth-order valence-electron chi connectivity index (χ4n) is 6.06. The van der Waals surface area contributed by atoms with E-state index in [0.717, 1.165) is 17.8 Å². The van der Waals surface area contributed by atoms with E-state index in [9.17, 15) is 14.9 Å². The molecule has 1 atom stereocenters. The van der Waals surface area contributed by atoms with E-state index in [1.807, 2.05) is 0 Å². The number of ether oxygens (including phenoxy) is 1. The van der Waals surface area contributed by atoms with Crippen molar-refractivity contribution < 1.29 is 14.5 Å². The third kappa shape index (κ3) is 3.51. The Balaban J connectivity index is 1.37. The van der Waals surface area contributed by atoms with Crippen LogP contribution in [0.15, 0.2) is 12.1 Å². The predicted molar refractivity (Wildman–Crippen MR) is 99.3 cm³/mol. The molecule has 5 rings (SSSR count). The van der Waals surface area contributed by atoms with Crippen molar-refractivity contribution in [1.29, 1.82) is 0 Å². The van der Waals surface area contributed by atoms with Gasteiger partial charge >= 0.3 is 5.82 Å². The van der Waals surface area contributed by atoms with Crippen LogP contribution in [-0.4, -0.2) is 28.5 Å². The fraction of sp³-hybridized carbons (Fsp3) is 0.700. The summed E-state index contributed by atoms with van der Waals surface area (Å²) in [4.78, 5) is 26.9. The Kier molecular flexibility index (Phi) is 4.56. The van der Waals surface area contributed by atoms with E-state index in [-0.39, 0.29) is 35.5 Å². The highest BCUT2D eigenvalue weighted by Gasteiger charge is 2.53. The molecule has 4 fully saturated rings. The Bertz CT molecular complexity index is 728. The quantitative estimate of drug-likeness (QED) is 0.609. The summed E-state index contributed by atoms with van der Waals surface area (Å²) in [6, 6.07) is 3.24. The van der Waals surface area contributed by atoms with Crippen LogP contribution < -0.4 is 10.1 Å². The Morgan fingerprint density at radius 1 is 1.30 bits per heavy atom. The van der Waals surface area contributed by atoms with E-state index in [1.54, 1.807) is 13.0 Å². The van der Waals surface area contributed by atoms with Gasteiger partial charge in [0.2, 0.25) is 5.75 Å². The van der Waals surface area contributed by atoms with E-state index in [1.165, 1.54) is 44.6 Å². The Morgan fingerprint density at radius 3 is 2.44 bits per heavy atom. The topological polar surface area (TPSA) is 94.4 Å². The summed E-state index contributed by atoms with van der Waals surface area (Å²) in [6.45, 7) is 3.56. The summed E-state index contributed by atoms with van der Waals surface area (Å²) < 4.78 is 5.42. The summed E-state index contributed by atoms with van der Waals surface area (Å²) in [5, 5.41) is 14.2. The zero-order valence-electron chi connectivity index (χ0n) is 15.9. The molecule has 1 aromatic heterocycles. The fourth-order valence-corrected chi connectivity index (χ4v) is 6.06. The molecule has 0 spiro atoms. The minimum absolute atomic E-state index is 0.0307. The van der Waals surface area contributed by atoms with Gasteiger partial charge in [-0.25, -0.2) is 0 Å². The molecule has 7 nitrogen and oxygen atoms in total. The SMILES string of the molecule is Cc1ccc(OCC(=O)NC(C)C23CC4CC(CC(C4)C2)C3)c([N+](=O)[O-])n1. The zero-order valence-corrected chi connectivity index (χ0v) is 15.9. The summed E-state index contributed by atoms with van der Waals surface area (Å²) in [5.41, 5.74) is 0.760. The molecule has 27 heavy (non-hydrogen) atoms. The first-order chi connectivity index (χ1) is 12.8. The number of aromatic nitrogens is 1. The number of hydrogen-bond donors (Lipinski definition) is 1. The lowest BCUT2D eigenvalue weighted by Crippen LogP contribution is -2.56. The third-order valence-corrected chi connectivity index (χ3v) is 6.89. The van der Waals surface area contributed by atoms with Gasteiger partial charge in [-0.2, -0.15) is 0 Å². The first-order valence-electron chi connectivity index (χ1n) is 9.89. The lowest BCUT2D eigenvalue weighted by Gasteiger charge is -2.59. The molecule has 1 heterocycles. The second-order valence-electron chi connectivity index (χ2n) is 8.89. The molecule has 4 bridgehead atoms. The zero-order chi connectivity index (χ0) is 19.2. The maximum absolute atomic E-state index is 12.4. The number of aryl methyl sites for hydroxylation is 1. The molecule has 4 aliphatic rings. The molecule has 0 radical (unpaired) electrons. The van der Waals surface area contributed by atoms with Gasteiger partial charge < -0.3 is 20.2 Å². The normalized spacial score (nSPS) is 32.1. The van der Waals surface area contributed by atoms with Crippen LogP contribution >= 0.6 is 0 Å². The molecule has 1 aromatic rings. The van der Waals surface area contributed by atoms with E-state index >= 15 is 0 Å². The van der Waals surface area contributed by atoms with Crippen LogP contribution in [0, 0.1) is 40.2 Å². The van der Waals surface area contributed by atoms with E-state index < -0.39 is 4.92 Å². The summed E-state index contributed by atoms with van der Waals surface area (Å²) in [5.74, 6) is 1.93. The summed E-state index contributed by atoms with van der Waals surface area (Å²) in [7, 11) is 0. The molecule has 0 aromatic carbocycles. The molecule has 1 amide bonds. The van der Waals surface area contributed by atoms with Gasteiger partial charge in [-0.1, -0.05) is 0 Å². The van der Waals surface area contributed by atoms with Gasteiger partial charge in [-0.15, -0.1) is 0 Å². The molecule has 146 valence electrons. The van der Waals surface area contributed by atoms with Crippen molar-refractivity contribution in [2.24, 2.45) is 23.2 Å². The molecule has 0 aliphatic heterocycles. The van der Waals surface area contributed by atoms with Crippen LogP contribution in [0.5, 0.6) is 5.75 Å². The Morgan fingerprint density at radius 2 is 1.89 bits per heavy atom. The average molecular weight is 373 g/mol. The predicted octanol–water partition coefficient (Wildman–Crippen LogP) is 3.40. The van der Waals surface area contributed by atoms with Crippen LogP contribution in [0.1, 0.15) is 51.1 Å². The van der Waals surface area contributed by atoms with Crippen LogP contribution in [-0.2, 0) is 4.79 Å². The molecule has 1 unspecified atom stereocenters. The number of nitrogens with zero attached hydrogens (tertiary/aromatic N) is 2. The molecule has 7 heteroatoms. The van der Waals surface area contributed by atoms with Gasteiger partial charge in [0, 0.05) is 13.0 Å². The maximum atomic E-state index is 12.4. The second-order valence-corrected chi connectivity index (χ2v) is 8.89. The van der Waals surface area contributed by atoms with Crippen LogP contribution in [0.4, 0.5) is 5.82 Å². The van der Waals surface area contributed by atoms with Crippen LogP contribution in [0.2, 0.25) is 0 Å². The number of nitrogens with one attached hydrogen (secondary N) is 1. The minimum atomic E-state index is -0.585. The molecule has 4 aliphatic carbocycles. The van der Waals surface area contributed by atoms with Crippen molar-refractivity contribution in [1.82, 2.24) is 10.3 Å². The number of rotatable bonds is 6. The summed E-state index contributed by atoms with van der Waals surface area (Å²) >= 11 is 0. The van der Waals surface area contributed by atoms with Gasteiger partial charge in [-0.3, -0.25) is 4.79 Å².